The molecule has 0 saturated carbocycles. The van der Waals surface area contributed by atoms with Crippen LogP contribution in [-0.4, -0.2) is 75.4 Å². The molecule has 4 heteroatoms. The van der Waals surface area contributed by atoms with Gasteiger partial charge in [-0.3, -0.25) is 4.90 Å². The molecule has 1 rings (SSSR count). The summed E-state index contributed by atoms with van der Waals surface area (Å²) in [6, 6.07) is 1.31. The highest BCUT2D eigenvalue weighted by atomic mass is 16.5. The number of likely N-dealkylation sites (N-methyl/N-ethyl adjacent to an activating group) is 1. The number of ether oxygens (including phenoxy) is 1. The minimum absolute atomic E-state index is 0.610. The molecule has 0 bridgehead atoms. The van der Waals surface area contributed by atoms with Crippen molar-refractivity contribution in [3.63, 3.8) is 0 Å². The van der Waals surface area contributed by atoms with Crippen LogP contribution in [0.3, 0.4) is 0 Å². The molecule has 1 fully saturated rings. The number of rotatable bonds is 7. The fourth-order valence-electron chi connectivity index (χ4n) is 2.81. The predicted molar refractivity (Wildman–Crippen MR) is 77.1 cm³/mol. The highest BCUT2D eigenvalue weighted by Crippen LogP contribution is 2.14. The van der Waals surface area contributed by atoms with E-state index in [9.17, 15) is 0 Å². The number of methoxy groups -OCH3 is 1. The zero-order chi connectivity index (χ0) is 13.4. The summed E-state index contributed by atoms with van der Waals surface area (Å²) in [5.74, 6) is 0. The molecule has 1 N–H and O–H groups in total. The summed E-state index contributed by atoms with van der Waals surface area (Å²) in [6.07, 6.45) is 2.53. The molecule has 1 saturated heterocycles. The first-order valence-corrected chi connectivity index (χ1v) is 7.33. The molecule has 1 aliphatic rings. The lowest BCUT2D eigenvalue weighted by Gasteiger charge is -2.35. The molecule has 0 aromatic rings. The Morgan fingerprint density at radius 2 is 2.17 bits per heavy atom. The van der Waals surface area contributed by atoms with Crippen LogP contribution in [0.2, 0.25) is 0 Å². The second-order valence-electron chi connectivity index (χ2n) is 5.46. The predicted octanol–water partition coefficient (Wildman–Crippen LogP) is 1.03. The van der Waals surface area contributed by atoms with Crippen LogP contribution in [0.4, 0.5) is 0 Å². The molecular weight excluding hydrogens is 226 g/mol. The second-order valence-corrected chi connectivity index (χ2v) is 5.46. The molecule has 1 aliphatic heterocycles. The second kappa shape index (κ2) is 8.86. The Kier molecular flexibility index (Phi) is 7.82. The maximum atomic E-state index is 5.06. The van der Waals surface area contributed by atoms with Crippen LogP contribution < -0.4 is 5.32 Å². The average molecular weight is 257 g/mol. The minimum Gasteiger partial charge on any atom is -0.383 e. The maximum absolute atomic E-state index is 5.06. The monoisotopic (exact) mass is 257 g/mol. The van der Waals surface area contributed by atoms with Gasteiger partial charge in [0.25, 0.3) is 0 Å². The topological polar surface area (TPSA) is 27.7 Å². The van der Waals surface area contributed by atoms with Crippen LogP contribution in [-0.2, 0) is 4.74 Å². The van der Waals surface area contributed by atoms with E-state index in [0.29, 0.717) is 12.1 Å². The summed E-state index contributed by atoms with van der Waals surface area (Å²) in [5.41, 5.74) is 0. The van der Waals surface area contributed by atoms with E-state index in [4.69, 9.17) is 4.74 Å². The number of nitrogens with zero attached hydrogens (tertiary/aromatic N) is 2. The van der Waals surface area contributed by atoms with E-state index in [1.54, 1.807) is 7.11 Å². The van der Waals surface area contributed by atoms with Crippen LogP contribution in [0.15, 0.2) is 0 Å². The molecule has 2 unspecified atom stereocenters. The highest BCUT2D eigenvalue weighted by molar-refractivity contribution is 4.82. The Balaban J connectivity index is 2.39. The normalized spacial score (nSPS) is 25.0. The Morgan fingerprint density at radius 1 is 1.39 bits per heavy atom. The average Bonchev–Trinajstić information content (AvgIpc) is 2.55. The van der Waals surface area contributed by atoms with Gasteiger partial charge < -0.3 is 15.0 Å². The molecule has 0 aromatic heterocycles. The van der Waals surface area contributed by atoms with Gasteiger partial charge in [-0.1, -0.05) is 6.92 Å². The van der Waals surface area contributed by atoms with Gasteiger partial charge in [-0.2, -0.15) is 0 Å². The van der Waals surface area contributed by atoms with Crippen molar-refractivity contribution in [3.8, 4) is 0 Å². The van der Waals surface area contributed by atoms with Gasteiger partial charge in [0.15, 0.2) is 0 Å². The zero-order valence-electron chi connectivity index (χ0n) is 12.6. The summed E-state index contributed by atoms with van der Waals surface area (Å²) in [6.45, 7) is 11.1. The van der Waals surface area contributed by atoms with Crippen LogP contribution in [0.5, 0.6) is 0 Å². The zero-order valence-corrected chi connectivity index (χ0v) is 12.6. The fraction of sp³-hybridized carbons (Fsp3) is 1.00. The first kappa shape index (κ1) is 15.9. The van der Waals surface area contributed by atoms with E-state index in [0.717, 1.165) is 19.7 Å². The number of hydrogen-bond donors (Lipinski definition) is 1. The molecule has 4 nitrogen and oxygen atoms in total. The van der Waals surface area contributed by atoms with Crippen molar-refractivity contribution in [2.24, 2.45) is 0 Å². The van der Waals surface area contributed by atoms with Crippen LogP contribution in [0.1, 0.15) is 26.7 Å². The van der Waals surface area contributed by atoms with Gasteiger partial charge in [-0.25, -0.2) is 0 Å². The molecular formula is C14H31N3O. The summed E-state index contributed by atoms with van der Waals surface area (Å²) >= 11 is 0. The third kappa shape index (κ3) is 5.22. The van der Waals surface area contributed by atoms with E-state index >= 15 is 0 Å². The molecule has 108 valence electrons. The molecule has 0 amide bonds. The lowest BCUT2D eigenvalue weighted by Crippen LogP contribution is -2.48. The van der Waals surface area contributed by atoms with Gasteiger partial charge in [-0.15, -0.1) is 0 Å². The van der Waals surface area contributed by atoms with E-state index in [1.807, 2.05) is 0 Å². The molecule has 1 heterocycles. The largest absolute Gasteiger partial charge is 0.383 e. The smallest absolute Gasteiger partial charge is 0.0587 e. The molecule has 18 heavy (non-hydrogen) atoms. The quantitative estimate of drug-likeness (QED) is 0.689. The van der Waals surface area contributed by atoms with Crippen LogP contribution in [0.25, 0.3) is 0 Å². The van der Waals surface area contributed by atoms with Crippen molar-refractivity contribution in [3.05, 3.63) is 0 Å². The van der Waals surface area contributed by atoms with Gasteiger partial charge in [-0.05, 0) is 33.4 Å². The van der Waals surface area contributed by atoms with Crippen molar-refractivity contribution < 1.29 is 4.74 Å². The van der Waals surface area contributed by atoms with Crippen molar-refractivity contribution in [1.29, 1.82) is 0 Å². The third-order valence-electron chi connectivity index (χ3n) is 3.91. The Bertz CT molecular complexity index is 213. The maximum Gasteiger partial charge on any atom is 0.0587 e. The van der Waals surface area contributed by atoms with E-state index in [-0.39, 0.29) is 0 Å². The summed E-state index contributed by atoms with van der Waals surface area (Å²) in [5, 5.41) is 3.48. The first-order valence-electron chi connectivity index (χ1n) is 7.33. The SMILES string of the molecule is CCC1CN(C)CCCN1C(C)CNCCOC. The third-order valence-corrected chi connectivity index (χ3v) is 3.91. The lowest BCUT2D eigenvalue weighted by atomic mass is 10.1. The molecule has 0 aliphatic carbocycles. The Labute approximate surface area is 113 Å². The van der Waals surface area contributed by atoms with Gasteiger partial charge in [0.05, 0.1) is 6.61 Å². The lowest BCUT2D eigenvalue weighted by molar-refractivity contribution is 0.132. The van der Waals surface area contributed by atoms with Gasteiger partial charge in [0.2, 0.25) is 0 Å². The van der Waals surface area contributed by atoms with Crippen molar-refractivity contribution >= 4 is 0 Å². The van der Waals surface area contributed by atoms with E-state index in [1.165, 1.54) is 32.5 Å². The Morgan fingerprint density at radius 3 is 2.83 bits per heavy atom. The molecule has 2 atom stereocenters. The van der Waals surface area contributed by atoms with Crippen molar-refractivity contribution in [2.75, 3.05) is 53.5 Å². The van der Waals surface area contributed by atoms with Gasteiger partial charge in [0.1, 0.15) is 0 Å². The fourth-order valence-corrected chi connectivity index (χ4v) is 2.81. The number of nitrogens with one attached hydrogen (secondary N) is 1. The van der Waals surface area contributed by atoms with E-state index in [2.05, 4.69) is 36.0 Å². The van der Waals surface area contributed by atoms with Gasteiger partial charge in [0, 0.05) is 45.4 Å². The molecule has 0 aromatic carbocycles. The first-order chi connectivity index (χ1) is 8.69. The Hall–Kier alpha value is -0.160. The van der Waals surface area contributed by atoms with Crippen LogP contribution >= 0.6 is 0 Å². The highest BCUT2D eigenvalue weighted by Gasteiger charge is 2.25. The van der Waals surface area contributed by atoms with E-state index < -0.39 is 0 Å². The summed E-state index contributed by atoms with van der Waals surface area (Å²) in [7, 11) is 4.00. The summed E-state index contributed by atoms with van der Waals surface area (Å²) in [4.78, 5) is 5.16. The minimum atomic E-state index is 0.610. The molecule has 0 spiro atoms. The van der Waals surface area contributed by atoms with Crippen molar-refractivity contribution in [2.45, 2.75) is 38.8 Å². The standard InChI is InChI=1S/C14H31N3O/c1-5-14-12-16(3)8-6-9-17(14)13(2)11-15-7-10-18-4/h13-15H,5-12H2,1-4H3. The van der Waals surface area contributed by atoms with Crippen LogP contribution in [0, 0.1) is 0 Å². The number of hydrogen-bond acceptors (Lipinski definition) is 4. The summed E-state index contributed by atoms with van der Waals surface area (Å²) < 4.78 is 5.06. The van der Waals surface area contributed by atoms with Crippen molar-refractivity contribution in [1.82, 2.24) is 15.1 Å². The van der Waals surface area contributed by atoms with Gasteiger partial charge >= 0.3 is 0 Å². The molecule has 0 radical (unpaired) electrons.